The van der Waals surface area contributed by atoms with Gasteiger partial charge >= 0.3 is 12.0 Å². The molecule has 2 rings (SSSR count). The van der Waals surface area contributed by atoms with Gasteiger partial charge in [0, 0.05) is 17.9 Å². The predicted octanol–water partition coefficient (Wildman–Crippen LogP) is 5.00. The van der Waals surface area contributed by atoms with Gasteiger partial charge in [0.25, 0.3) is 5.91 Å². The Kier molecular flexibility index (Phi) is 9.78. The van der Waals surface area contributed by atoms with E-state index in [-0.39, 0.29) is 18.2 Å². The molecule has 0 bridgehead atoms. The first-order valence-electron chi connectivity index (χ1n) is 10.8. The molecule has 0 saturated heterocycles. The van der Waals surface area contributed by atoms with Crippen LogP contribution in [0.3, 0.4) is 0 Å². The topological polar surface area (TPSA) is 86.7 Å². The van der Waals surface area contributed by atoms with Crippen molar-refractivity contribution in [1.29, 1.82) is 0 Å². The van der Waals surface area contributed by atoms with Crippen molar-refractivity contribution < 1.29 is 19.5 Å². The molecule has 6 nitrogen and oxygen atoms in total. The normalized spacial score (nSPS) is 11.9. The fourth-order valence-corrected chi connectivity index (χ4v) is 4.13. The third-order valence-corrected chi connectivity index (χ3v) is 6.06. The van der Waals surface area contributed by atoms with E-state index in [0.29, 0.717) is 11.5 Å². The van der Waals surface area contributed by atoms with Gasteiger partial charge < -0.3 is 10.4 Å². The van der Waals surface area contributed by atoms with Gasteiger partial charge in [0.1, 0.15) is 6.04 Å². The van der Waals surface area contributed by atoms with Crippen LogP contribution in [0.1, 0.15) is 38.1 Å². The minimum absolute atomic E-state index is 0.0283. The Labute approximate surface area is 194 Å². The average Bonchev–Trinajstić information content (AvgIpc) is 2.76. The molecule has 0 saturated carbocycles. The largest absolute Gasteiger partial charge is 0.480 e. The first-order chi connectivity index (χ1) is 15.2. The summed E-state index contributed by atoms with van der Waals surface area (Å²) in [7, 11) is 0. The summed E-state index contributed by atoms with van der Waals surface area (Å²) in [6, 6.07) is 15.0. The molecule has 2 aromatic carbocycles. The van der Waals surface area contributed by atoms with Gasteiger partial charge in [-0.2, -0.15) is 11.8 Å². The Morgan fingerprint density at radius 1 is 0.906 bits per heavy atom. The first-order valence-corrected chi connectivity index (χ1v) is 11.9. The molecule has 0 unspecified atom stereocenters. The van der Waals surface area contributed by atoms with Crippen LogP contribution < -0.4 is 5.32 Å². The van der Waals surface area contributed by atoms with Crippen LogP contribution >= 0.6 is 11.8 Å². The maximum atomic E-state index is 13.3. The monoisotopic (exact) mass is 456 g/mol. The molecule has 7 heteroatoms. The molecule has 2 N–H and O–H groups in total. The number of hydrogen-bond acceptors (Lipinski definition) is 4. The van der Waals surface area contributed by atoms with E-state index in [9.17, 15) is 19.5 Å². The number of carbonyl (C=O) groups excluding carboxylic acids is 2. The lowest BCUT2D eigenvalue weighted by atomic mass is 10.0. The summed E-state index contributed by atoms with van der Waals surface area (Å²) in [5.41, 5.74) is 2.22. The first kappa shape index (κ1) is 25.5. The number of urea groups is 1. The number of rotatable bonds is 10. The number of benzene rings is 2. The zero-order chi connectivity index (χ0) is 23.7. The highest BCUT2D eigenvalue weighted by molar-refractivity contribution is 7.99. The number of thioether (sulfide) groups is 1. The van der Waals surface area contributed by atoms with Gasteiger partial charge in [-0.3, -0.25) is 9.69 Å². The molecular weight excluding hydrogens is 424 g/mol. The molecule has 0 fully saturated rings. The number of nitrogens with one attached hydrogen (secondary N) is 1. The summed E-state index contributed by atoms with van der Waals surface area (Å²) in [5, 5.41) is 12.1. The summed E-state index contributed by atoms with van der Waals surface area (Å²) >= 11 is 1.47. The maximum Gasteiger partial charge on any atom is 0.327 e. The molecule has 1 atom stereocenters. The molecule has 0 radical (unpaired) electrons. The second-order valence-electron chi connectivity index (χ2n) is 8.53. The van der Waals surface area contributed by atoms with Crippen LogP contribution in [-0.4, -0.2) is 52.0 Å². The Bertz CT molecular complexity index is 915. The fraction of sp³-hybridized carbons (Fsp3) is 0.400. The lowest BCUT2D eigenvalue weighted by Gasteiger charge is -2.25. The van der Waals surface area contributed by atoms with Crippen molar-refractivity contribution in [2.24, 2.45) is 11.8 Å². The standard InChI is InChI=1S/C25H32N2O4S/c1-17(2)14-27(25(31)26-22(24(29)30)16-32-15-18(3)4)23(28)21-12-8-11-20(13-21)19-9-6-5-7-10-19/h5-13,17-18,22H,14-16H2,1-4H3,(H,26,31)(H,29,30)/t22-/m0/s1. The van der Waals surface area contributed by atoms with Crippen LogP contribution in [0.25, 0.3) is 11.1 Å². The van der Waals surface area contributed by atoms with Gasteiger partial charge in [0.15, 0.2) is 0 Å². The van der Waals surface area contributed by atoms with Crippen molar-refractivity contribution in [3.05, 3.63) is 60.2 Å². The van der Waals surface area contributed by atoms with Gasteiger partial charge in [-0.25, -0.2) is 9.59 Å². The molecule has 0 heterocycles. The van der Waals surface area contributed by atoms with E-state index in [4.69, 9.17) is 0 Å². The van der Waals surface area contributed by atoms with Gasteiger partial charge in [0.2, 0.25) is 0 Å². The molecule has 0 aliphatic carbocycles. The van der Waals surface area contributed by atoms with E-state index in [0.717, 1.165) is 21.8 Å². The highest BCUT2D eigenvalue weighted by Crippen LogP contribution is 2.21. The van der Waals surface area contributed by atoms with Crippen LogP contribution in [-0.2, 0) is 4.79 Å². The molecule has 0 aromatic heterocycles. The van der Waals surface area contributed by atoms with Crippen molar-refractivity contribution in [3.63, 3.8) is 0 Å². The minimum atomic E-state index is -1.11. The highest BCUT2D eigenvalue weighted by Gasteiger charge is 2.28. The third-order valence-electron chi connectivity index (χ3n) is 4.59. The second kappa shape index (κ2) is 12.3. The summed E-state index contributed by atoms with van der Waals surface area (Å²) in [6.45, 7) is 8.09. The van der Waals surface area contributed by atoms with Crippen LogP contribution in [0.15, 0.2) is 54.6 Å². The molecule has 0 aliphatic heterocycles. The Hall–Kier alpha value is -2.80. The Morgan fingerprint density at radius 3 is 2.16 bits per heavy atom. The minimum Gasteiger partial charge on any atom is -0.480 e. The Balaban J connectivity index is 2.22. The third kappa shape index (κ3) is 7.71. The quantitative estimate of drug-likeness (QED) is 0.525. The molecule has 32 heavy (non-hydrogen) atoms. The SMILES string of the molecule is CC(C)CSC[C@H](NC(=O)N(CC(C)C)C(=O)c1cccc(-c2ccccc2)c1)C(=O)O. The molecule has 172 valence electrons. The van der Waals surface area contributed by atoms with E-state index in [1.165, 1.54) is 11.8 Å². The number of carboxylic acids is 1. The van der Waals surface area contributed by atoms with E-state index in [1.54, 1.807) is 18.2 Å². The molecule has 3 amide bonds. The Morgan fingerprint density at radius 2 is 1.56 bits per heavy atom. The number of nitrogens with zero attached hydrogens (tertiary/aromatic N) is 1. The van der Waals surface area contributed by atoms with Crippen molar-refractivity contribution in [2.45, 2.75) is 33.7 Å². The van der Waals surface area contributed by atoms with Gasteiger partial charge in [-0.15, -0.1) is 0 Å². The van der Waals surface area contributed by atoms with Gasteiger partial charge in [0.05, 0.1) is 0 Å². The summed E-state index contributed by atoms with van der Waals surface area (Å²) in [4.78, 5) is 39.0. The highest BCUT2D eigenvalue weighted by atomic mass is 32.2. The zero-order valence-corrected chi connectivity index (χ0v) is 19.9. The molecular formula is C25H32N2O4S. The van der Waals surface area contributed by atoms with Crippen molar-refractivity contribution in [1.82, 2.24) is 10.2 Å². The molecule has 0 aliphatic rings. The average molecular weight is 457 g/mol. The lowest BCUT2D eigenvalue weighted by molar-refractivity contribution is -0.138. The number of hydrogen-bond donors (Lipinski definition) is 2. The summed E-state index contributed by atoms with van der Waals surface area (Å²) in [5.74, 6) is -0.0836. The van der Waals surface area contributed by atoms with Gasteiger partial charge in [-0.1, -0.05) is 70.2 Å². The van der Waals surface area contributed by atoms with Crippen molar-refractivity contribution >= 4 is 29.7 Å². The molecule has 2 aromatic rings. The van der Waals surface area contributed by atoms with Crippen LogP contribution in [0.4, 0.5) is 4.79 Å². The van der Waals surface area contributed by atoms with Crippen LogP contribution in [0.5, 0.6) is 0 Å². The van der Waals surface area contributed by atoms with E-state index >= 15 is 0 Å². The van der Waals surface area contributed by atoms with Crippen LogP contribution in [0, 0.1) is 11.8 Å². The predicted molar refractivity (Wildman–Crippen MR) is 130 cm³/mol. The van der Waals surface area contributed by atoms with E-state index in [2.05, 4.69) is 5.32 Å². The van der Waals surface area contributed by atoms with E-state index in [1.807, 2.05) is 64.1 Å². The number of carboxylic acid groups (broad SMARTS) is 1. The van der Waals surface area contributed by atoms with E-state index < -0.39 is 23.9 Å². The number of carbonyl (C=O) groups is 3. The lowest BCUT2D eigenvalue weighted by Crippen LogP contribution is -2.52. The number of aliphatic carboxylic acids is 1. The fourth-order valence-electron chi connectivity index (χ4n) is 3.06. The molecule has 0 spiro atoms. The second-order valence-corrected chi connectivity index (χ2v) is 9.60. The van der Waals surface area contributed by atoms with Gasteiger partial charge in [-0.05, 0) is 40.8 Å². The zero-order valence-electron chi connectivity index (χ0n) is 19.1. The van der Waals surface area contributed by atoms with Crippen molar-refractivity contribution in [2.75, 3.05) is 18.1 Å². The summed E-state index contributed by atoms with van der Waals surface area (Å²) < 4.78 is 0. The smallest absolute Gasteiger partial charge is 0.327 e. The van der Waals surface area contributed by atoms with Crippen molar-refractivity contribution in [3.8, 4) is 11.1 Å². The number of imide groups is 1. The van der Waals surface area contributed by atoms with Crippen LogP contribution in [0.2, 0.25) is 0 Å². The summed E-state index contributed by atoms with van der Waals surface area (Å²) in [6.07, 6.45) is 0. The number of amides is 3. The maximum absolute atomic E-state index is 13.3.